The Morgan fingerprint density at radius 2 is 2.00 bits per heavy atom. The van der Waals surface area contributed by atoms with Gasteiger partial charge in [0.25, 0.3) is 0 Å². The minimum Gasteiger partial charge on any atom is -0.381 e. The standard InChI is InChI=1S/C14H30N2O/c1-5-16(6-2)11-14(7-8-17-12-14)10-15-9-13(3)4/h13,15H,5-12H2,1-4H3. The molecule has 3 heteroatoms. The number of rotatable bonds is 8. The van der Waals surface area contributed by atoms with Crippen molar-refractivity contribution in [3.05, 3.63) is 0 Å². The Morgan fingerprint density at radius 1 is 1.29 bits per heavy atom. The van der Waals surface area contributed by atoms with E-state index in [1.807, 2.05) is 0 Å². The Labute approximate surface area is 107 Å². The SMILES string of the molecule is CCN(CC)CC1(CNCC(C)C)CCOC1. The lowest BCUT2D eigenvalue weighted by Crippen LogP contribution is -2.45. The van der Waals surface area contributed by atoms with E-state index < -0.39 is 0 Å². The Kier molecular flexibility index (Phi) is 6.45. The van der Waals surface area contributed by atoms with Gasteiger partial charge in [-0.15, -0.1) is 0 Å². The molecule has 1 atom stereocenters. The number of nitrogens with one attached hydrogen (secondary N) is 1. The van der Waals surface area contributed by atoms with E-state index >= 15 is 0 Å². The van der Waals surface area contributed by atoms with Gasteiger partial charge in [0.15, 0.2) is 0 Å². The molecular weight excluding hydrogens is 212 g/mol. The van der Waals surface area contributed by atoms with E-state index in [0.717, 1.165) is 45.3 Å². The predicted octanol–water partition coefficient (Wildman–Crippen LogP) is 1.98. The minimum atomic E-state index is 0.348. The molecule has 1 rings (SSSR count). The highest BCUT2D eigenvalue weighted by molar-refractivity contribution is 4.88. The summed E-state index contributed by atoms with van der Waals surface area (Å²) in [7, 11) is 0. The number of hydrogen-bond donors (Lipinski definition) is 1. The Balaban J connectivity index is 2.44. The second-order valence-electron chi connectivity index (χ2n) is 5.79. The highest BCUT2D eigenvalue weighted by atomic mass is 16.5. The first-order chi connectivity index (χ1) is 8.12. The van der Waals surface area contributed by atoms with Gasteiger partial charge in [-0.05, 0) is 32.0 Å². The molecule has 1 unspecified atom stereocenters. The summed E-state index contributed by atoms with van der Waals surface area (Å²) >= 11 is 0. The molecule has 1 saturated heterocycles. The van der Waals surface area contributed by atoms with Crippen molar-refractivity contribution in [3.63, 3.8) is 0 Å². The number of hydrogen-bond acceptors (Lipinski definition) is 3. The third-order valence-electron chi connectivity index (χ3n) is 3.69. The van der Waals surface area contributed by atoms with E-state index in [4.69, 9.17) is 4.74 Å². The Morgan fingerprint density at radius 3 is 2.47 bits per heavy atom. The predicted molar refractivity (Wildman–Crippen MR) is 73.4 cm³/mol. The monoisotopic (exact) mass is 242 g/mol. The molecule has 3 nitrogen and oxygen atoms in total. The van der Waals surface area contributed by atoms with Gasteiger partial charge < -0.3 is 15.0 Å². The van der Waals surface area contributed by atoms with Crippen LogP contribution in [0.4, 0.5) is 0 Å². The zero-order valence-electron chi connectivity index (χ0n) is 12.1. The zero-order chi connectivity index (χ0) is 12.7. The van der Waals surface area contributed by atoms with Gasteiger partial charge in [-0.1, -0.05) is 27.7 Å². The summed E-state index contributed by atoms with van der Waals surface area (Å²) in [6.45, 7) is 16.5. The van der Waals surface area contributed by atoms with Gasteiger partial charge in [0, 0.05) is 25.1 Å². The average molecular weight is 242 g/mol. The summed E-state index contributed by atoms with van der Waals surface area (Å²) in [6.07, 6.45) is 1.20. The van der Waals surface area contributed by atoms with Gasteiger partial charge >= 0.3 is 0 Å². The lowest BCUT2D eigenvalue weighted by molar-refractivity contribution is 0.112. The van der Waals surface area contributed by atoms with Crippen LogP contribution in [0.15, 0.2) is 0 Å². The second kappa shape index (κ2) is 7.34. The van der Waals surface area contributed by atoms with E-state index in [1.165, 1.54) is 13.0 Å². The van der Waals surface area contributed by atoms with Crippen molar-refractivity contribution in [1.29, 1.82) is 0 Å². The van der Waals surface area contributed by atoms with Crippen molar-refractivity contribution in [3.8, 4) is 0 Å². The first-order valence-electron chi connectivity index (χ1n) is 7.12. The Hall–Kier alpha value is -0.120. The number of nitrogens with zero attached hydrogens (tertiary/aromatic N) is 1. The number of ether oxygens (including phenoxy) is 1. The van der Waals surface area contributed by atoms with Crippen LogP contribution in [0, 0.1) is 11.3 Å². The van der Waals surface area contributed by atoms with Crippen LogP contribution in [0.1, 0.15) is 34.1 Å². The maximum absolute atomic E-state index is 5.64. The molecule has 0 aliphatic carbocycles. The molecule has 0 amide bonds. The maximum Gasteiger partial charge on any atom is 0.0547 e. The molecule has 1 heterocycles. The topological polar surface area (TPSA) is 24.5 Å². The summed E-state index contributed by atoms with van der Waals surface area (Å²) < 4.78 is 5.64. The van der Waals surface area contributed by atoms with E-state index in [2.05, 4.69) is 37.9 Å². The van der Waals surface area contributed by atoms with Crippen LogP contribution in [-0.4, -0.2) is 50.8 Å². The van der Waals surface area contributed by atoms with Crippen LogP contribution >= 0.6 is 0 Å². The molecule has 0 aromatic rings. The van der Waals surface area contributed by atoms with Crippen LogP contribution in [0.2, 0.25) is 0 Å². The quantitative estimate of drug-likeness (QED) is 0.704. The highest BCUT2D eigenvalue weighted by Gasteiger charge is 2.35. The maximum atomic E-state index is 5.64. The molecular formula is C14H30N2O. The van der Waals surface area contributed by atoms with Gasteiger partial charge in [0.05, 0.1) is 6.61 Å². The van der Waals surface area contributed by atoms with Gasteiger partial charge in [0.2, 0.25) is 0 Å². The summed E-state index contributed by atoms with van der Waals surface area (Å²) in [5, 5.41) is 3.61. The van der Waals surface area contributed by atoms with Gasteiger partial charge in [0.1, 0.15) is 0 Å². The molecule has 0 aromatic heterocycles. The van der Waals surface area contributed by atoms with Gasteiger partial charge in [-0.25, -0.2) is 0 Å². The molecule has 0 radical (unpaired) electrons. The zero-order valence-corrected chi connectivity index (χ0v) is 12.1. The second-order valence-corrected chi connectivity index (χ2v) is 5.79. The average Bonchev–Trinajstić information content (AvgIpc) is 2.74. The summed E-state index contributed by atoms with van der Waals surface area (Å²) in [5.74, 6) is 0.725. The lowest BCUT2D eigenvalue weighted by Gasteiger charge is -2.33. The van der Waals surface area contributed by atoms with Gasteiger partial charge in [-0.3, -0.25) is 0 Å². The fraction of sp³-hybridized carbons (Fsp3) is 1.00. The third kappa shape index (κ3) is 4.94. The van der Waals surface area contributed by atoms with Crippen molar-refractivity contribution in [1.82, 2.24) is 10.2 Å². The normalized spacial score (nSPS) is 25.1. The van der Waals surface area contributed by atoms with E-state index in [0.29, 0.717) is 5.41 Å². The molecule has 1 aliphatic heterocycles. The largest absolute Gasteiger partial charge is 0.381 e. The van der Waals surface area contributed by atoms with Crippen molar-refractivity contribution in [2.45, 2.75) is 34.1 Å². The van der Waals surface area contributed by atoms with E-state index in [9.17, 15) is 0 Å². The molecule has 17 heavy (non-hydrogen) atoms. The first kappa shape index (κ1) is 14.9. The fourth-order valence-corrected chi connectivity index (χ4v) is 2.52. The van der Waals surface area contributed by atoms with Crippen LogP contribution in [0.5, 0.6) is 0 Å². The van der Waals surface area contributed by atoms with Crippen LogP contribution < -0.4 is 5.32 Å². The first-order valence-corrected chi connectivity index (χ1v) is 7.12. The van der Waals surface area contributed by atoms with Gasteiger partial charge in [-0.2, -0.15) is 0 Å². The van der Waals surface area contributed by atoms with E-state index in [1.54, 1.807) is 0 Å². The van der Waals surface area contributed by atoms with E-state index in [-0.39, 0.29) is 0 Å². The molecule has 0 aromatic carbocycles. The molecule has 1 aliphatic rings. The van der Waals surface area contributed by atoms with Crippen LogP contribution in [-0.2, 0) is 4.74 Å². The molecule has 1 fully saturated rings. The fourth-order valence-electron chi connectivity index (χ4n) is 2.52. The van der Waals surface area contributed by atoms with Crippen LogP contribution in [0.25, 0.3) is 0 Å². The Bertz CT molecular complexity index is 196. The molecule has 1 N–H and O–H groups in total. The lowest BCUT2D eigenvalue weighted by atomic mass is 9.86. The highest BCUT2D eigenvalue weighted by Crippen LogP contribution is 2.29. The molecule has 102 valence electrons. The summed E-state index contributed by atoms with van der Waals surface area (Å²) in [4.78, 5) is 2.52. The smallest absolute Gasteiger partial charge is 0.0547 e. The summed E-state index contributed by atoms with van der Waals surface area (Å²) in [6, 6.07) is 0. The minimum absolute atomic E-state index is 0.348. The molecule has 0 bridgehead atoms. The van der Waals surface area contributed by atoms with Crippen molar-refractivity contribution in [2.24, 2.45) is 11.3 Å². The third-order valence-corrected chi connectivity index (χ3v) is 3.69. The summed E-state index contributed by atoms with van der Waals surface area (Å²) in [5.41, 5.74) is 0.348. The molecule has 0 saturated carbocycles. The van der Waals surface area contributed by atoms with Crippen molar-refractivity contribution in [2.75, 3.05) is 45.9 Å². The van der Waals surface area contributed by atoms with Crippen LogP contribution in [0.3, 0.4) is 0 Å². The van der Waals surface area contributed by atoms with Crippen molar-refractivity contribution >= 4 is 0 Å². The molecule has 0 spiro atoms. The van der Waals surface area contributed by atoms with Crippen molar-refractivity contribution < 1.29 is 4.74 Å².